The van der Waals surface area contributed by atoms with Gasteiger partial charge in [0.1, 0.15) is 0 Å². The topological polar surface area (TPSA) is 41.8 Å². The lowest BCUT2D eigenvalue weighted by atomic mass is 9.78. The van der Waals surface area contributed by atoms with E-state index in [4.69, 9.17) is 0 Å². The van der Waals surface area contributed by atoms with Gasteiger partial charge in [0.05, 0.1) is 6.54 Å². The highest BCUT2D eigenvalue weighted by molar-refractivity contribution is 5.46. The highest BCUT2D eigenvalue weighted by Gasteiger charge is 2.20. The van der Waals surface area contributed by atoms with Crippen LogP contribution in [0.3, 0.4) is 0 Å². The molecule has 2 atom stereocenters. The van der Waals surface area contributed by atoms with Gasteiger partial charge in [0, 0.05) is 6.54 Å². The SMILES string of the molecule is C=C=NCCCCCCCCC(CCCCCCCCCC)C(CCCCCCCCCC)CCCCCCCCN=C=O. The van der Waals surface area contributed by atoms with Crippen LogP contribution in [0.25, 0.3) is 0 Å². The number of nitrogens with zero attached hydrogens (tertiary/aromatic N) is 2. The van der Waals surface area contributed by atoms with Gasteiger partial charge in [0.25, 0.3) is 0 Å². The third-order valence-corrected chi connectivity index (χ3v) is 9.89. The number of rotatable bonds is 37. The number of hydrogen-bond acceptors (Lipinski definition) is 3. The minimum absolute atomic E-state index is 0.661. The van der Waals surface area contributed by atoms with E-state index >= 15 is 0 Å². The molecule has 0 aliphatic carbocycles. The molecule has 0 heterocycles. The molecular formula is C41H78N2O. The van der Waals surface area contributed by atoms with E-state index in [-0.39, 0.29) is 0 Å². The molecule has 3 nitrogen and oxygen atoms in total. The van der Waals surface area contributed by atoms with Crippen molar-refractivity contribution in [2.45, 2.75) is 219 Å². The van der Waals surface area contributed by atoms with E-state index in [0.717, 1.165) is 24.8 Å². The highest BCUT2D eigenvalue weighted by Crippen LogP contribution is 2.34. The summed E-state index contributed by atoms with van der Waals surface area (Å²) in [4.78, 5) is 18.1. The fraction of sp³-hybridized carbons (Fsp3) is 0.927. The van der Waals surface area contributed by atoms with Crippen LogP contribution in [0, 0.1) is 11.8 Å². The van der Waals surface area contributed by atoms with Crippen molar-refractivity contribution >= 4 is 11.9 Å². The monoisotopic (exact) mass is 615 g/mol. The summed E-state index contributed by atoms with van der Waals surface area (Å²) >= 11 is 0. The minimum Gasteiger partial charge on any atom is -0.244 e. The second kappa shape index (κ2) is 38.0. The van der Waals surface area contributed by atoms with Crippen LogP contribution in [-0.2, 0) is 4.79 Å². The molecule has 0 radical (unpaired) electrons. The maximum absolute atomic E-state index is 10.3. The molecule has 2 unspecified atom stereocenters. The second-order valence-electron chi connectivity index (χ2n) is 13.9. The molecule has 0 aromatic carbocycles. The molecule has 0 aliphatic heterocycles. The molecule has 0 saturated heterocycles. The first kappa shape index (κ1) is 42.8. The van der Waals surface area contributed by atoms with Gasteiger partial charge < -0.3 is 0 Å². The Morgan fingerprint density at radius 1 is 0.409 bits per heavy atom. The first-order chi connectivity index (χ1) is 21.8. The Morgan fingerprint density at radius 3 is 0.977 bits per heavy atom. The van der Waals surface area contributed by atoms with Gasteiger partial charge in [-0.15, -0.1) is 0 Å². The van der Waals surface area contributed by atoms with E-state index < -0.39 is 0 Å². The van der Waals surface area contributed by atoms with E-state index in [1.807, 2.05) is 0 Å². The molecule has 0 N–H and O–H groups in total. The van der Waals surface area contributed by atoms with Gasteiger partial charge in [-0.05, 0) is 37.1 Å². The average molecular weight is 615 g/mol. The Balaban J connectivity index is 4.81. The largest absolute Gasteiger partial charge is 0.244 e. The molecule has 258 valence electrons. The fourth-order valence-corrected chi connectivity index (χ4v) is 7.05. The standard InChI is InChI=1S/C41H78N2O/c1-4-7-9-11-13-15-21-27-33-40(35-29-23-17-19-25-31-37-42-6-3)41(34-28-22-16-14-12-10-8-5-2)36-30-24-18-20-26-32-38-43-39-44/h40-41H,3-5,7-38H2,1-2H3. The van der Waals surface area contributed by atoms with Crippen LogP contribution in [0.4, 0.5) is 0 Å². The molecule has 0 aliphatic rings. The molecule has 44 heavy (non-hydrogen) atoms. The summed E-state index contributed by atoms with van der Waals surface area (Å²) in [6.07, 6.45) is 46.2. The Hall–Kier alpha value is -1.17. The summed E-state index contributed by atoms with van der Waals surface area (Å²) in [5.74, 6) is 4.55. The molecular weight excluding hydrogens is 536 g/mol. The normalized spacial score (nSPS) is 12.5. The van der Waals surface area contributed by atoms with E-state index in [2.05, 4.69) is 36.3 Å². The third kappa shape index (κ3) is 32.2. The molecule has 0 aromatic heterocycles. The predicted octanol–water partition coefficient (Wildman–Crippen LogP) is 13.9. The first-order valence-electron chi connectivity index (χ1n) is 20.0. The van der Waals surface area contributed by atoms with Crippen LogP contribution < -0.4 is 0 Å². The zero-order valence-electron chi connectivity index (χ0n) is 30.2. The van der Waals surface area contributed by atoms with Gasteiger partial charge in [-0.25, -0.2) is 14.8 Å². The number of aliphatic imine (C=N–C) groups is 2. The number of carbonyl (C=O) groups excluding carboxylic acids is 1. The average Bonchev–Trinajstić information content (AvgIpc) is 3.03. The Kier molecular flexibility index (Phi) is 37.0. The molecule has 0 bridgehead atoms. The van der Waals surface area contributed by atoms with E-state index in [0.29, 0.717) is 6.54 Å². The van der Waals surface area contributed by atoms with Gasteiger partial charge in [-0.2, -0.15) is 0 Å². The maximum Gasteiger partial charge on any atom is 0.234 e. The Labute approximate surface area is 277 Å². The van der Waals surface area contributed by atoms with Crippen LogP contribution in [0.5, 0.6) is 0 Å². The van der Waals surface area contributed by atoms with Crippen molar-refractivity contribution in [2.24, 2.45) is 21.8 Å². The van der Waals surface area contributed by atoms with Crippen molar-refractivity contribution in [3.63, 3.8) is 0 Å². The molecule has 0 amide bonds. The van der Waals surface area contributed by atoms with Crippen LogP contribution in [0.1, 0.15) is 219 Å². The zero-order valence-corrected chi connectivity index (χ0v) is 30.2. The Morgan fingerprint density at radius 2 is 0.682 bits per heavy atom. The lowest BCUT2D eigenvalue weighted by Crippen LogP contribution is -2.16. The predicted molar refractivity (Wildman–Crippen MR) is 197 cm³/mol. The first-order valence-corrected chi connectivity index (χ1v) is 20.0. The second-order valence-corrected chi connectivity index (χ2v) is 13.9. The van der Waals surface area contributed by atoms with Crippen LogP contribution >= 0.6 is 0 Å². The van der Waals surface area contributed by atoms with Crippen molar-refractivity contribution in [3.05, 3.63) is 6.58 Å². The van der Waals surface area contributed by atoms with Gasteiger partial charge in [0.2, 0.25) is 6.08 Å². The molecule has 0 aromatic rings. The maximum atomic E-state index is 10.3. The minimum atomic E-state index is 0.661. The summed E-state index contributed by atoms with van der Waals surface area (Å²) in [6, 6.07) is 0. The third-order valence-electron chi connectivity index (χ3n) is 9.89. The van der Waals surface area contributed by atoms with Crippen molar-refractivity contribution < 1.29 is 4.79 Å². The molecule has 0 saturated carbocycles. The zero-order chi connectivity index (χ0) is 32.0. The van der Waals surface area contributed by atoms with E-state index in [9.17, 15) is 4.79 Å². The van der Waals surface area contributed by atoms with Gasteiger partial charge >= 0.3 is 0 Å². The van der Waals surface area contributed by atoms with Crippen molar-refractivity contribution in [3.8, 4) is 0 Å². The lowest BCUT2D eigenvalue weighted by Gasteiger charge is -2.28. The summed E-state index contributed by atoms with van der Waals surface area (Å²) in [5, 5.41) is 0. The van der Waals surface area contributed by atoms with Gasteiger partial charge in [-0.3, -0.25) is 0 Å². The highest BCUT2D eigenvalue weighted by atomic mass is 16.1. The number of hydrogen-bond donors (Lipinski definition) is 0. The van der Waals surface area contributed by atoms with Gasteiger partial charge in [0.15, 0.2) is 0 Å². The summed E-state index contributed by atoms with van der Waals surface area (Å²) in [6.45, 7) is 9.77. The van der Waals surface area contributed by atoms with Crippen molar-refractivity contribution in [1.82, 2.24) is 0 Å². The van der Waals surface area contributed by atoms with E-state index in [1.165, 1.54) is 199 Å². The molecule has 0 fully saturated rings. The summed E-state index contributed by atoms with van der Waals surface area (Å²) < 4.78 is 0. The van der Waals surface area contributed by atoms with Gasteiger partial charge in [-0.1, -0.05) is 206 Å². The number of isocyanates is 1. The summed E-state index contributed by atoms with van der Waals surface area (Å²) in [7, 11) is 0. The smallest absolute Gasteiger partial charge is 0.234 e. The quantitative estimate of drug-likeness (QED) is 0.0390. The van der Waals surface area contributed by atoms with Crippen LogP contribution in [-0.4, -0.2) is 25.0 Å². The molecule has 0 rings (SSSR count). The summed E-state index contributed by atoms with van der Waals surface area (Å²) in [5.41, 5.74) is 0. The molecule has 3 heteroatoms. The van der Waals surface area contributed by atoms with E-state index in [1.54, 1.807) is 6.08 Å². The van der Waals surface area contributed by atoms with Crippen molar-refractivity contribution in [2.75, 3.05) is 13.1 Å². The lowest BCUT2D eigenvalue weighted by molar-refractivity contribution is 0.236. The Bertz CT molecular complexity index is 593. The van der Waals surface area contributed by atoms with Crippen LogP contribution in [0.2, 0.25) is 0 Å². The number of unbranched alkanes of at least 4 members (excludes halogenated alkanes) is 24. The fourth-order valence-electron chi connectivity index (χ4n) is 7.05. The molecule has 0 spiro atoms. The van der Waals surface area contributed by atoms with Crippen LogP contribution in [0.15, 0.2) is 16.6 Å². The van der Waals surface area contributed by atoms with Crippen molar-refractivity contribution in [1.29, 1.82) is 0 Å².